The minimum absolute atomic E-state index is 0.00526. The van der Waals surface area contributed by atoms with Crippen LogP contribution in [0.2, 0.25) is 0 Å². The van der Waals surface area contributed by atoms with Crippen LogP contribution in [0.25, 0.3) is 0 Å². The van der Waals surface area contributed by atoms with E-state index in [9.17, 15) is 14.9 Å². The molecule has 1 aromatic carbocycles. The Morgan fingerprint density at radius 2 is 2.22 bits per heavy atom. The van der Waals surface area contributed by atoms with Gasteiger partial charge >= 0.3 is 0 Å². The Morgan fingerprint density at radius 1 is 1.56 bits per heavy atom. The van der Waals surface area contributed by atoms with Gasteiger partial charge in [0.25, 0.3) is 11.6 Å². The van der Waals surface area contributed by atoms with Crippen LogP contribution in [0.4, 0.5) is 5.69 Å². The van der Waals surface area contributed by atoms with Gasteiger partial charge in [-0.05, 0) is 31.4 Å². The minimum atomic E-state index is -0.463. The number of halogens is 1. The van der Waals surface area contributed by atoms with Crippen molar-refractivity contribution < 1.29 is 9.72 Å². The number of carbonyl (C=O) groups excluding carboxylic acids is 1. The number of hydrogen-bond acceptors (Lipinski definition) is 3. The topological polar surface area (TPSA) is 72.2 Å². The van der Waals surface area contributed by atoms with Crippen LogP contribution in [0.1, 0.15) is 28.8 Å². The Labute approximate surface area is 113 Å². The second-order valence-electron chi connectivity index (χ2n) is 4.62. The molecular weight excluding hydrogens is 300 g/mol. The third-order valence-electron chi connectivity index (χ3n) is 3.15. The van der Waals surface area contributed by atoms with E-state index < -0.39 is 4.92 Å². The average Bonchev–Trinajstić information content (AvgIpc) is 3.09. The van der Waals surface area contributed by atoms with Gasteiger partial charge in [-0.1, -0.05) is 15.9 Å². The van der Waals surface area contributed by atoms with E-state index in [0.717, 1.165) is 18.2 Å². The summed E-state index contributed by atoms with van der Waals surface area (Å²) in [6.07, 6.45) is 1.94. The van der Waals surface area contributed by atoms with E-state index >= 15 is 0 Å². The molecule has 0 aromatic heterocycles. The van der Waals surface area contributed by atoms with Gasteiger partial charge in [-0.2, -0.15) is 0 Å². The minimum Gasteiger partial charge on any atom is -0.346 e. The first-order valence-electron chi connectivity index (χ1n) is 5.61. The molecule has 1 aromatic rings. The van der Waals surface area contributed by atoms with Crippen molar-refractivity contribution in [3.63, 3.8) is 0 Å². The van der Waals surface area contributed by atoms with Gasteiger partial charge in [0.15, 0.2) is 0 Å². The predicted octanol–water partition coefficient (Wildman–Crippen LogP) is 2.56. The third kappa shape index (κ3) is 2.53. The molecule has 96 valence electrons. The molecule has 0 bridgehead atoms. The molecule has 0 radical (unpaired) electrons. The molecule has 0 aliphatic heterocycles. The summed E-state index contributed by atoms with van der Waals surface area (Å²) in [5, 5.41) is 14.3. The van der Waals surface area contributed by atoms with Gasteiger partial charge < -0.3 is 5.32 Å². The number of nitro benzene ring substituents is 1. The summed E-state index contributed by atoms with van der Waals surface area (Å²) in [6, 6.07) is 4.28. The van der Waals surface area contributed by atoms with Gasteiger partial charge in [-0.3, -0.25) is 14.9 Å². The van der Waals surface area contributed by atoms with Crippen LogP contribution in [0.5, 0.6) is 0 Å². The zero-order valence-corrected chi connectivity index (χ0v) is 11.5. The molecule has 5 nitrogen and oxygen atoms in total. The second kappa shape index (κ2) is 4.68. The fourth-order valence-corrected chi connectivity index (χ4v) is 2.47. The normalized spacial score (nSPS) is 16.1. The smallest absolute Gasteiger partial charge is 0.269 e. The number of nitrogens with one attached hydrogen (secondary N) is 1. The molecule has 0 atom stereocenters. The van der Waals surface area contributed by atoms with Crippen molar-refractivity contribution in [3.8, 4) is 0 Å². The molecule has 0 spiro atoms. The summed E-state index contributed by atoms with van der Waals surface area (Å²) in [5.41, 5.74) is 0.997. The lowest BCUT2D eigenvalue weighted by Crippen LogP contribution is -2.38. The van der Waals surface area contributed by atoms with Crippen LogP contribution in [0.3, 0.4) is 0 Å². The van der Waals surface area contributed by atoms with Crippen molar-refractivity contribution in [1.82, 2.24) is 5.32 Å². The van der Waals surface area contributed by atoms with Crippen LogP contribution in [0, 0.1) is 17.0 Å². The second-order valence-corrected chi connectivity index (χ2v) is 5.19. The molecular formula is C12H13BrN2O3. The lowest BCUT2D eigenvalue weighted by atomic mass is 10.1. The Hall–Kier alpha value is -1.43. The largest absolute Gasteiger partial charge is 0.346 e. The van der Waals surface area contributed by atoms with E-state index in [4.69, 9.17) is 0 Å². The molecule has 1 amide bonds. The van der Waals surface area contributed by atoms with Crippen LogP contribution in [-0.2, 0) is 0 Å². The molecule has 1 fully saturated rings. The Balaban J connectivity index is 2.18. The van der Waals surface area contributed by atoms with Crippen LogP contribution in [-0.4, -0.2) is 21.7 Å². The van der Waals surface area contributed by atoms with Gasteiger partial charge in [0.1, 0.15) is 0 Å². The quantitative estimate of drug-likeness (QED) is 0.527. The highest BCUT2D eigenvalue weighted by molar-refractivity contribution is 9.09. The van der Waals surface area contributed by atoms with E-state index in [-0.39, 0.29) is 17.1 Å². The standard InChI is InChI=1S/C12H13BrN2O3/c1-8-6-9(15(17)18)2-3-10(8)11(16)14-12(7-13)4-5-12/h2-3,6H,4-5,7H2,1H3,(H,14,16). The number of benzene rings is 1. The van der Waals surface area contributed by atoms with E-state index in [1.54, 1.807) is 6.92 Å². The molecule has 0 saturated heterocycles. The van der Waals surface area contributed by atoms with Crippen molar-refractivity contribution >= 4 is 27.5 Å². The summed E-state index contributed by atoms with van der Waals surface area (Å²) in [4.78, 5) is 22.2. The number of alkyl halides is 1. The van der Waals surface area contributed by atoms with Crippen LogP contribution in [0.15, 0.2) is 18.2 Å². The van der Waals surface area contributed by atoms with Gasteiger partial charge in [-0.15, -0.1) is 0 Å². The van der Waals surface area contributed by atoms with Gasteiger partial charge in [0.2, 0.25) is 0 Å². The lowest BCUT2D eigenvalue weighted by molar-refractivity contribution is -0.384. The van der Waals surface area contributed by atoms with Crippen LogP contribution < -0.4 is 5.32 Å². The lowest BCUT2D eigenvalue weighted by Gasteiger charge is -2.15. The number of amides is 1. The van der Waals surface area contributed by atoms with Crippen molar-refractivity contribution in [2.24, 2.45) is 0 Å². The van der Waals surface area contributed by atoms with E-state index in [1.165, 1.54) is 18.2 Å². The summed E-state index contributed by atoms with van der Waals surface area (Å²) >= 11 is 3.38. The molecule has 1 aliphatic carbocycles. The first-order chi connectivity index (χ1) is 8.47. The molecule has 2 rings (SSSR count). The van der Waals surface area contributed by atoms with Crippen molar-refractivity contribution in [2.45, 2.75) is 25.3 Å². The highest BCUT2D eigenvalue weighted by atomic mass is 79.9. The summed E-state index contributed by atoms with van der Waals surface area (Å²) in [6.45, 7) is 1.70. The molecule has 6 heteroatoms. The third-order valence-corrected chi connectivity index (χ3v) is 4.23. The fraction of sp³-hybridized carbons (Fsp3) is 0.417. The van der Waals surface area contributed by atoms with Gasteiger partial charge in [0.05, 0.1) is 10.5 Å². The van der Waals surface area contributed by atoms with E-state index in [2.05, 4.69) is 21.2 Å². The summed E-state index contributed by atoms with van der Waals surface area (Å²) < 4.78 is 0. The zero-order chi connectivity index (χ0) is 13.3. The molecule has 1 N–H and O–H groups in total. The highest BCUT2D eigenvalue weighted by Crippen LogP contribution is 2.37. The summed E-state index contributed by atoms with van der Waals surface area (Å²) in [7, 11) is 0. The number of nitro groups is 1. The number of non-ortho nitro benzene ring substituents is 1. The first-order valence-corrected chi connectivity index (χ1v) is 6.73. The van der Waals surface area contributed by atoms with Gasteiger partial charge in [-0.25, -0.2) is 0 Å². The molecule has 0 unspecified atom stereocenters. The SMILES string of the molecule is Cc1cc([N+](=O)[O-])ccc1C(=O)NC1(CBr)CC1. The number of aryl methyl sites for hydroxylation is 1. The Morgan fingerprint density at radius 3 is 2.67 bits per heavy atom. The average molecular weight is 313 g/mol. The maximum Gasteiger partial charge on any atom is 0.269 e. The predicted molar refractivity (Wildman–Crippen MR) is 71.1 cm³/mol. The maximum atomic E-state index is 12.1. The monoisotopic (exact) mass is 312 g/mol. The van der Waals surface area contributed by atoms with Crippen LogP contribution >= 0.6 is 15.9 Å². The van der Waals surface area contributed by atoms with Crippen molar-refractivity contribution in [2.75, 3.05) is 5.33 Å². The number of nitrogens with zero attached hydrogens (tertiary/aromatic N) is 1. The molecule has 1 saturated carbocycles. The van der Waals surface area contributed by atoms with Crippen molar-refractivity contribution in [1.29, 1.82) is 0 Å². The zero-order valence-electron chi connectivity index (χ0n) is 9.90. The number of carbonyl (C=O) groups is 1. The number of hydrogen-bond donors (Lipinski definition) is 1. The van der Waals surface area contributed by atoms with Crippen molar-refractivity contribution in [3.05, 3.63) is 39.4 Å². The highest BCUT2D eigenvalue weighted by Gasteiger charge is 2.43. The molecule has 1 aliphatic rings. The van der Waals surface area contributed by atoms with E-state index in [0.29, 0.717) is 11.1 Å². The number of rotatable bonds is 4. The Kier molecular flexibility index (Phi) is 3.38. The summed E-state index contributed by atoms with van der Waals surface area (Å²) in [5.74, 6) is -0.167. The Bertz CT molecular complexity index is 512. The fourth-order valence-electron chi connectivity index (χ4n) is 1.77. The molecule has 18 heavy (non-hydrogen) atoms. The first kappa shape index (κ1) is 13.0. The van der Waals surface area contributed by atoms with Gasteiger partial charge in [0, 0.05) is 23.0 Å². The molecule has 0 heterocycles. The van der Waals surface area contributed by atoms with E-state index in [1.807, 2.05) is 0 Å². The maximum absolute atomic E-state index is 12.1.